The third-order valence-electron chi connectivity index (χ3n) is 8.06. The molecule has 0 aliphatic heterocycles. The highest BCUT2D eigenvalue weighted by molar-refractivity contribution is 7.16. The summed E-state index contributed by atoms with van der Waals surface area (Å²) in [6.07, 6.45) is 0.230. The highest BCUT2D eigenvalue weighted by atomic mass is 32.1. The predicted octanol–water partition coefficient (Wildman–Crippen LogP) is 4.48. The van der Waals surface area contributed by atoms with Crippen LogP contribution in [0, 0.1) is 36.5 Å². The summed E-state index contributed by atoms with van der Waals surface area (Å²) in [5.74, 6) is -1.61. The van der Waals surface area contributed by atoms with Crippen LogP contribution < -0.4 is 4.90 Å². The Morgan fingerprint density at radius 3 is 1.82 bits per heavy atom. The van der Waals surface area contributed by atoms with Crippen LogP contribution in [0.1, 0.15) is 34.4 Å². The standard InChI is InChI=1S/C34H49N7O7S/c1-26-23-28(7-8-30(26)37-38-34-29(24-35)27(2)31(25-36)49-34)39(11-17-46-19-15-40(3,4)13-9-32(42)43)12-18-47-21-22-48-20-16-41(5,6)14-10-33(44)45/h7-8,23H,9-22H2,1-6H3/p+2. The maximum absolute atomic E-state index is 11.0. The first-order valence-corrected chi connectivity index (χ1v) is 17.0. The summed E-state index contributed by atoms with van der Waals surface area (Å²) in [6, 6.07) is 10.1. The minimum atomic E-state index is -0.808. The van der Waals surface area contributed by atoms with Crippen molar-refractivity contribution in [2.24, 2.45) is 10.2 Å². The Morgan fingerprint density at radius 1 is 0.796 bits per heavy atom. The molecule has 1 heterocycles. The van der Waals surface area contributed by atoms with E-state index in [1.165, 1.54) is 0 Å². The SMILES string of the molecule is Cc1cc(N(CCOCCOCC[N+](C)(C)CCC(=O)O)CCOCC[N+](C)(C)CCC(=O)O)ccc1N=Nc1sc(C#N)c(C)c1C#N. The lowest BCUT2D eigenvalue weighted by Gasteiger charge is -2.29. The number of aliphatic carboxylic acids is 2. The maximum Gasteiger partial charge on any atom is 0.309 e. The van der Waals surface area contributed by atoms with E-state index >= 15 is 0 Å². The van der Waals surface area contributed by atoms with Gasteiger partial charge in [-0.3, -0.25) is 9.59 Å². The zero-order valence-electron chi connectivity index (χ0n) is 29.6. The number of thiophene rings is 1. The number of anilines is 1. The van der Waals surface area contributed by atoms with Crippen molar-refractivity contribution in [2.75, 3.05) is 112 Å². The predicted molar refractivity (Wildman–Crippen MR) is 187 cm³/mol. The monoisotopic (exact) mass is 701 g/mol. The molecule has 49 heavy (non-hydrogen) atoms. The van der Waals surface area contributed by atoms with Crippen molar-refractivity contribution < 1.29 is 43.0 Å². The third-order valence-corrected chi connectivity index (χ3v) is 9.14. The van der Waals surface area contributed by atoms with E-state index < -0.39 is 11.9 Å². The highest BCUT2D eigenvalue weighted by Crippen LogP contribution is 2.36. The van der Waals surface area contributed by atoms with Gasteiger partial charge in [-0.2, -0.15) is 10.5 Å². The first kappa shape index (κ1) is 41.2. The zero-order valence-corrected chi connectivity index (χ0v) is 30.4. The number of hydrogen-bond donors (Lipinski definition) is 2. The minimum absolute atomic E-state index is 0.109. The fourth-order valence-corrected chi connectivity index (χ4v) is 5.52. The van der Waals surface area contributed by atoms with Gasteiger partial charge in [-0.05, 0) is 43.2 Å². The van der Waals surface area contributed by atoms with Gasteiger partial charge in [-0.25, -0.2) is 0 Å². The van der Waals surface area contributed by atoms with Gasteiger partial charge < -0.3 is 38.3 Å². The van der Waals surface area contributed by atoms with Gasteiger partial charge in [0, 0.05) is 18.8 Å². The molecular formula is C34H51N7O7S+2. The van der Waals surface area contributed by atoms with Crippen molar-refractivity contribution in [1.29, 1.82) is 10.5 Å². The topological polar surface area (TPSA) is 178 Å². The number of carboxylic acid groups (broad SMARTS) is 2. The average molecular weight is 702 g/mol. The molecule has 1 aromatic carbocycles. The quantitative estimate of drug-likeness (QED) is 0.0901. The molecule has 0 aliphatic carbocycles. The largest absolute Gasteiger partial charge is 0.481 e. The van der Waals surface area contributed by atoms with Gasteiger partial charge in [-0.1, -0.05) is 0 Å². The van der Waals surface area contributed by atoms with Crippen LogP contribution in [-0.2, 0) is 23.8 Å². The summed E-state index contributed by atoms with van der Waals surface area (Å²) in [7, 11) is 7.95. The summed E-state index contributed by atoms with van der Waals surface area (Å²) in [5.41, 5.74) is 3.46. The number of carbonyl (C=O) groups is 2. The number of carboxylic acids is 2. The highest BCUT2D eigenvalue weighted by Gasteiger charge is 2.18. The second-order valence-corrected chi connectivity index (χ2v) is 14.0. The molecule has 2 rings (SSSR count). The number of ether oxygens (including phenoxy) is 3. The Morgan fingerprint density at radius 2 is 1.33 bits per heavy atom. The van der Waals surface area contributed by atoms with Crippen LogP contribution in [0.15, 0.2) is 28.4 Å². The summed E-state index contributed by atoms with van der Waals surface area (Å²) < 4.78 is 18.7. The van der Waals surface area contributed by atoms with Crippen molar-refractivity contribution in [3.8, 4) is 12.1 Å². The lowest BCUT2D eigenvalue weighted by atomic mass is 10.1. The van der Waals surface area contributed by atoms with E-state index in [9.17, 15) is 20.1 Å². The molecule has 268 valence electrons. The Labute approximate surface area is 293 Å². The van der Waals surface area contributed by atoms with Gasteiger partial charge in [0.25, 0.3) is 0 Å². The van der Waals surface area contributed by atoms with E-state index in [4.69, 9.17) is 24.4 Å². The van der Waals surface area contributed by atoms with Crippen molar-refractivity contribution in [1.82, 2.24) is 0 Å². The lowest BCUT2D eigenvalue weighted by Crippen LogP contribution is -2.44. The molecule has 15 heteroatoms. The number of benzene rings is 1. The number of quaternary nitrogens is 2. The number of likely N-dealkylation sites (N-methyl/N-ethyl adjacent to an activating group) is 2. The van der Waals surface area contributed by atoms with Crippen LogP contribution in [0.4, 0.5) is 16.4 Å². The summed E-state index contributed by atoms with van der Waals surface area (Å²) in [6.45, 7) is 10.1. The van der Waals surface area contributed by atoms with Crippen molar-refractivity contribution in [2.45, 2.75) is 26.7 Å². The molecule has 0 unspecified atom stereocenters. The molecule has 0 radical (unpaired) electrons. The van der Waals surface area contributed by atoms with E-state index in [0.29, 0.717) is 115 Å². The van der Waals surface area contributed by atoms with Gasteiger partial charge in [0.05, 0.1) is 105 Å². The fourth-order valence-electron chi connectivity index (χ4n) is 4.64. The lowest BCUT2D eigenvalue weighted by molar-refractivity contribution is -0.890. The molecule has 0 amide bonds. The normalized spacial score (nSPS) is 11.8. The van der Waals surface area contributed by atoms with E-state index in [1.807, 2.05) is 53.3 Å². The zero-order chi connectivity index (χ0) is 36.5. The van der Waals surface area contributed by atoms with E-state index in [2.05, 4.69) is 27.3 Å². The summed E-state index contributed by atoms with van der Waals surface area (Å²) in [4.78, 5) is 24.4. The van der Waals surface area contributed by atoms with Gasteiger partial charge >= 0.3 is 11.9 Å². The van der Waals surface area contributed by atoms with Crippen LogP contribution in [0.25, 0.3) is 0 Å². The Hall–Kier alpha value is -3.96. The van der Waals surface area contributed by atoms with Crippen LogP contribution in [0.5, 0.6) is 0 Å². The van der Waals surface area contributed by atoms with Crippen LogP contribution in [0.3, 0.4) is 0 Å². The molecule has 14 nitrogen and oxygen atoms in total. The molecule has 1 aromatic heterocycles. The van der Waals surface area contributed by atoms with Crippen LogP contribution in [0.2, 0.25) is 0 Å². The molecule has 2 aromatic rings. The molecule has 0 saturated heterocycles. The fraction of sp³-hybridized carbons (Fsp3) is 0.588. The third kappa shape index (κ3) is 15.4. The van der Waals surface area contributed by atoms with Gasteiger partial charge in [0.1, 0.15) is 30.1 Å². The molecule has 0 spiro atoms. The number of azo groups is 1. The smallest absolute Gasteiger partial charge is 0.309 e. The number of nitrogens with zero attached hydrogens (tertiary/aromatic N) is 7. The summed E-state index contributed by atoms with van der Waals surface area (Å²) in [5, 5.41) is 45.9. The molecule has 0 aliphatic rings. The Bertz CT molecular complexity index is 1490. The van der Waals surface area contributed by atoms with Crippen molar-refractivity contribution in [3.05, 3.63) is 39.8 Å². The molecule has 0 bridgehead atoms. The number of nitriles is 2. The van der Waals surface area contributed by atoms with E-state index in [0.717, 1.165) is 22.6 Å². The van der Waals surface area contributed by atoms with Gasteiger partial charge in [-0.15, -0.1) is 21.6 Å². The average Bonchev–Trinajstić information content (AvgIpc) is 3.36. The van der Waals surface area contributed by atoms with Crippen molar-refractivity contribution in [3.63, 3.8) is 0 Å². The first-order chi connectivity index (χ1) is 23.2. The second-order valence-electron chi connectivity index (χ2n) is 13.0. The van der Waals surface area contributed by atoms with Gasteiger partial charge in [0.2, 0.25) is 0 Å². The molecular weight excluding hydrogens is 650 g/mol. The van der Waals surface area contributed by atoms with E-state index in [1.54, 1.807) is 6.92 Å². The number of aryl methyl sites for hydroxylation is 1. The minimum Gasteiger partial charge on any atom is -0.481 e. The van der Waals surface area contributed by atoms with Gasteiger partial charge in [0.15, 0.2) is 5.00 Å². The molecule has 0 fully saturated rings. The second kappa shape index (κ2) is 20.5. The Kier molecular flexibility index (Phi) is 17.3. The summed E-state index contributed by atoms with van der Waals surface area (Å²) >= 11 is 1.15. The van der Waals surface area contributed by atoms with Crippen molar-refractivity contribution >= 4 is 39.7 Å². The first-order valence-electron chi connectivity index (χ1n) is 16.2. The number of hydrogen-bond acceptors (Lipinski definition) is 11. The Balaban J connectivity index is 1.99. The molecule has 0 saturated carbocycles. The van der Waals surface area contributed by atoms with Crippen LogP contribution in [-0.4, -0.2) is 138 Å². The number of rotatable bonds is 24. The molecule has 2 N–H and O–H groups in total. The van der Waals surface area contributed by atoms with E-state index in [-0.39, 0.29) is 12.8 Å². The molecule has 0 atom stereocenters. The van der Waals surface area contributed by atoms with Crippen LogP contribution >= 0.6 is 11.3 Å². The maximum atomic E-state index is 11.0.